The molecular formula is C20H18F4N6O4. The number of benzene rings is 1. The molecule has 0 radical (unpaired) electrons. The van der Waals surface area contributed by atoms with Crippen LogP contribution in [0, 0.1) is 5.82 Å². The first-order valence-corrected chi connectivity index (χ1v) is 9.98. The number of nitrogens with zero attached hydrogens (tertiary/aromatic N) is 5. The largest absolute Gasteiger partial charge is 0.435 e. The second kappa shape index (κ2) is 8.85. The lowest BCUT2D eigenvalue weighted by atomic mass is 10.1. The standard InChI is InChI=1S/C20H18F4N6O4/c1-29-14(7-15(27-29)20(22,23)24)18(33)25-13(6-16(32)30-8-12(31)9-30)19-26-17(28-34-19)10-3-2-4-11(21)5-10/h2-5,7,12-13,31H,6,8-9H2,1H3,(H,25,33)/t13-/m1/s1. The van der Waals surface area contributed by atoms with Crippen LogP contribution in [0.15, 0.2) is 34.9 Å². The van der Waals surface area contributed by atoms with Gasteiger partial charge in [-0.2, -0.15) is 23.3 Å². The molecule has 180 valence electrons. The van der Waals surface area contributed by atoms with Crippen LogP contribution in [0.3, 0.4) is 0 Å². The predicted molar refractivity (Wildman–Crippen MR) is 105 cm³/mol. The number of hydrogen-bond acceptors (Lipinski definition) is 7. The number of carbonyl (C=O) groups excluding carboxylic acids is 2. The van der Waals surface area contributed by atoms with Crippen LogP contribution in [-0.2, 0) is 18.0 Å². The molecule has 3 aromatic rings. The highest BCUT2D eigenvalue weighted by Crippen LogP contribution is 2.29. The first-order chi connectivity index (χ1) is 16.0. The van der Waals surface area contributed by atoms with E-state index in [0.717, 1.165) is 10.7 Å². The number of aliphatic hydroxyl groups is 1. The minimum atomic E-state index is -4.75. The van der Waals surface area contributed by atoms with Crippen LogP contribution in [-0.4, -0.2) is 60.9 Å². The summed E-state index contributed by atoms with van der Waals surface area (Å²) in [5.41, 5.74) is -1.39. The maximum Gasteiger partial charge on any atom is 0.435 e. The highest BCUT2D eigenvalue weighted by atomic mass is 19.4. The van der Waals surface area contributed by atoms with Gasteiger partial charge in [0, 0.05) is 31.8 Å². The minimum Gasteiger partial charge on any atom is -0.389 e. The molecule has 1 aliphatic heterocycles. The van der Waals surface area contributed by atoms with Crippen molar-refractivity contribution in [2.24, 2.45) is 7.05 Å². The summed E-state index contributed by atoms with van der Waals surface area (Å²) in [4.78, 5) is 30.8. The fraction of sp³-hybridized carbons (Fsp3) is 0.350. The molecule has 1 fully saturated rings. The van der Waals surface area contributed by atoms with Gasteiger partial charge in [0.1, 0.15) is 17.6 Å². The summed E-state index contributed by atoms with van der Waals surface area (Å²) in [5, 5.41) is 18.9. The van der Waals surface area contributed by atoms with Crippen molar-refractivity contribution in [3.05, 3.63) is 53.4 Å². The van der Waals surface area contributed by atoms with Crippen LogP contribution < -0.4 is 5.32 Å². The Bertz CT molecular complexity index is 1220. The number of aromatic nitrogens is 4. The molecule has 1 saturated heterocycles. The molecule has 0 spiro atoms. The van der Waals surface area contributed by atoms with E-state index < -0.39 is 47.3 Å². The van der Waals surface area contributed by atoms with Crippen molar-refractivity contribution in [1.82, 2.24) is 30.1 Å². The van der Waals surface area contributed by atoms with Crippen LogP contribution in [0.5, 0.6) is 0 Å². The van der Waals surface area contributed by atoms with Crippen molar-refractivity contribution in [2.75, 3.05) is 13.1 Å². The molecular weight excluding hydrogens is 464 g/mol. The maximum absolute atomic E-state index is 13.5. The van der Waals surface area contributed by atoms with E-state index in [9.17, 15) is 32.3 Å². The fourth-order valence-electron chi connectivity index (χ4n) is 3.33. The second-order valence-corrected chi connectivity index (χ2v) is 7.69. The number of hydrogen-bond donors (Lipinski definition) is 2. The SMILES string of the molecule is Cn1nc(C(F)(F)F)cc1C(=O)N[C@H](CC(=O)N1CC(O)C1)c1nc(-c2cccc(F)c2)no1. The normalized spacial score (nSPS) is 15.2. The van der Waals surface area contributed by atoms with E-state index in [4.69, 9.17) is 4.52 Å². The molecule has 4 rings (SSSR count). The van der Waals surface area contributed by atoms with E-state index in [2.05, 4.69) is 20.6 Å². The number of amides is 2. The summed E-state index contributed by atoms with van der Waals surface area (Å²) in [6.07, 6.45) is -5.78. The van der Waals surface area contributed by atoms with Gasteiger partial charge in [0.25, 0.3) is 5.91 Å². The van der Waals surface area contributed by atoms with Gasteiger partial charge in [0.2, 0.25) is 17.6 Å². The average Bonchev–Trinajstić information content (AvgIpc) is 3.38. The molecule has 14 heteroatoms. The van der Waals surface area contributed by atoms with E-state index in [1.165, 1.54) is 30.1 Å². The molecule has 2 amide bonds. The molecule has 0 bridgehead atoms. The van der Waals surface area contributed by atoms with E-state index in [0.29, 0.717) is 6.07 Å². The third-order valence-electron chi connectivity index (χ3n) is 5.12. The average molecular weight is 482 g/mol. The Labute approximate surface area is 189 Å². The van der Waals surface area contributed by atoms with Gasteiger partial charge in [-0.25, -0.2) is 4.39 Å². The fourth-order valence-corrected chi connectivity index (χ4v) is 3.33. The summed E-state index contributed by atoms with van der Waals surface area (Å²) >= 11 is 0. The first-order valence-electron chi connectivity index (χ1n) is 9.98. The Hall–Kier alpha value is -3.81. The lowest BCUT2D eigenvalue weighted by molar-refractivity contribution is -0.142. The van der Waals surface area contributed by atoms with E-state index >= 15 is 0 Å². The summed E-state index contributed by atoms with van der Waals surface area (Å²) < 4.78 is 58.4. The lowest BCUT2D eigenvalue weighted by Crippen LogP contribution is -2.54. The monoisotopic (exact) mass is 482 g/mol. The van der Waals surface area contributed by atoms with E-state index in [1.54, 1.807) is 0 Å². The van der Waals surface area contributed by atoms with Crippen LogP contribution in [0.2, 0.25) is 0 Å². The van der Waals surface area contributed by atoms with E-state index in [-0.39, 0.29) is 36.8 Å². The molecule has 0 saturated carbocycles. The number of aryl methyl sites for hydroxylation is 1. The maximum atomic E-state index is 13.5. The number of aliphatic hydroxyl groups excluding tert-OH is 1. The van der Waals surface area contributed by atoms with Crippen LogP contribution in [0.25, 0.3) is 11.4 Å². The smallest absolute Gasteiger partial charge is 0.389 e. The Morgan fingerprint density at radius 3 is 2.65 bits per heavy atom. The molecule has 0 unspecified atom stereocenters. The Balaban J connectivity index is 1.59. The zero-order chi connectivity index (χ0) is 24.6. The van der Waals surface area contributed by atoms with E-state index in [1.807, 2.05) is 0 Å². The molecule has 1 aromatic carbocycles. The highest BCUT2D eigenvalue weighted by molar-refractivity contribution is 5.93. The molecule has 2 aromatic heterocycles. The van der Waals surface area contributed by atoms with Gasteiger partial charge in [-0.05, 0) is 12.1 Å². The number of nitrogens with one attached hydrogen (secondary N) is 1. The Morgan fingerprint density at radius 2 is 2.03 bits per heavy atom. The van der Waals surface area contributed by atoms with Crippen LogP contribution in [0.1, 0.15) is 34.5 Å². The summed E-state index contributed by atoms with van der Waals surface area (Å²) in [6.45, 7) is 0.211. The Morgan fingerprint density at radius 1 is 1.29 bits per heavy atom. The number of likely N-dealkylation sites (tertiary alicyclic amines) is 1. The number of halogens is 4. The van der Waals surface area contributed by atoms with Crippen molar-refractivity contribution >= 4 is 11.8 Å². The molecule has 3 heterocycles. The van der Waals surface area contributed by atoms with Gasteiger partial charge in [-0.3, -0.25) is 14.3 Å². The molecule has 1 atom stereocenters. The summed E-state index contributed by atoms with van der Waals surface area (Å²) in [5.74, 6) is -2.18. The quantitative estimate of drug-likeness (QED) is 0.512. The lowest BCUT2D eigenvalue weighted by Gasteiger charge is -2.36. The molecule has 34 heavy (non-hydrogen) atoms. The number of alkyl halides is 3. The summed E-state index contributed by atoms with van der Waals surface area (Å²) in [7, 11) is 1.17. The van der Waals surface area contributed by atoms with Crippen molar-refractivity contribution < 1.29 is 36.8 Å². The van der Waals surface area contributed by atoms with Crippen molar-refractivity contribution in [2.45, 2.75) is 24.7 Å². The van der Waals surface area contributed by atoms with Gasteiger partial charge in [0.05, 0.1) is 12.5 Å². The molecule has 2 N–H and O–H groups in total. The van der Waals surface area contributed by atoms with Gasteiger partial charge < -0.3 is 19.8 Å². The number of rotatable bonds is 6. The third kappa shape index (κ3) is 4.90. The van der Waals surface area contributed by atoms with Gasteiger partial charge in [-0.15, -0.1) is 0 Å². The zero-order valence-electron chi connectivity index (χ0n) is 17.6. The number of carbonyl (C=O) groups is 2. The predicted octanol–water partition coefficient (Wildman–Crippen LogP) is 1.69. The second-order valence-electron chi connectivity index (χ2n) is 7.69. The van der Waals surface area contributed by atoms with Crippen molar-refractivity contribution in [3.63, 3.8) is 0 Å². The van der Waals surface area contributed by atoms with Crippen molar-refractivity contribution in [1.29, 1.82) is 0 Å². The minimum absolute atomic E-state index is 0.0135. The van der Waals surface area contributed by atoms with Gasteiger partial charge >= 0.3 is 6.18 Å². The molecule has 0 aliphatic carbocycles. The van der Waals surface area contributed by atoms with Gasteiger partial charge in [0.15, 0.2) is 5.69 Å². The Kier molecular flexibility index (Phi) is 6.08. The summed E-state index contributed by atoms with van der Waals surface area (Å²) in [6, 6.07) is 4.69. The van der Waals surface area contributed by atoms with Crippen LogP contribution >= 0.6 is 0 Å². The zero-order valence-corrected chi connectivity index (χ0v) is 17.6. The van der Waals surface area contributed by atoms with Crippen LogP contribution in [0.4, 0.5) is 17.6 Å². The highest BCUT2D eigenvalue weighted by Gasteiger charge is 2.37. The van der Waals surface area contributed by atoms with Gasteiger partial charge in [-0.1, -0.05) is 17.3 Å². The molecule has 10 nitrogen and oxygen atoms in total. The van der Waals surface area contributed by atoms with Crippen molar-refractivity contribution in [3.8, 4) is 11.4 Å². The first kappa shape index (κ1) is 23.4. The third-order valence-corrected chi connectivity index (χ3v) is 5.12. The molecule has 1 aliphatic rings. The topological polar surface area (TPSA) is 126 Å². The number of β-amino-alcohol motifs (C(OH)–C–C–N with tert-alkyl or cyclic N) is 1.